The Balaban J connectivity index is 2.62. The van der Waals surface area contributed by atoms with Crippen molar-refractivity contribution in [1.29, 1.82) is 0 Å². The second kappa shape index (κ2) is 7.25. The zero-order chi connectivity index (χ0) is 14.4. The van der Waals surface area contributed by atoms with E-state index >= 15 is 0 Å². The molecular formula is C15H30N2O2. The molecule has 0 radical (unpaired) electrons. The van der Waals surface area contributed by atoms with E-state index < -0.39 is 0 Å². The number of nitrogens with one attached hydrogen (secondary N) is 2. The molecule has 3 N–H and O–H groups in total. The molecule has 0 spiro atoms. The highest BCUT2D eigenvalue weighted by Crippen LogP contribution is 2.33. The Morgan fingerprint density at radius 2 is 1.84 bits per heavy atom. The van der Waals surface area contributed by atoms with Crippen molar-refractivity contribution in [3.8, 4) is 0 Å². The van der Waals surface area contributed by atoms with Crippen LogP contribution in [0.5, 0.6) is 0 Å². The monoisotopic (exact) mass is 270 g/mol. The van der Waals surface area contributed by atoms with Gasteiger partial charge < -0.3 is 15.7 Å². The first-order valence-electron chi connectivity index (χ1n) is 7.68. The predicted molar refractivity (Wildman–Crippen MR) is 77.9 cm³/mol. The Morgan fingerprint density at radius 3 is 2.26 bits per heavy atom. The predicted octanol–water partition coefficient (Wildman–Crippen LogP) is 1.68. The molecule has 0 bridgehead atoms. The van der Waals surface area contributed by atoms with Crippen LogP contribution in [-0.2, 0) is 4.79 Å². The van der Waals surface area contributed by atoms with E-state index in [1.54, 1.807) is 0 Å². The van der Waals surface area contributed by atoms with Gasteiger partial charge >= 0.3 is 0 Å². The summed E-state index contributed by atoms with van der Waals surface area (Å²) in [6, 6.07) is 0. The molecule has 0 atom stereocenters. The van der Waals surface area contributed by atoms with Crippen LogP contribution in [0.4, 0.5) is 0 Å². The van der Waals surface area contributed by atoms with Crippen LogP contribution in [0.1, 0.15) is 52.9 Å². The quantitative estimate of drug-likeness (QED) is 0.659. The van der Waals surface area contributed by atoms with Crippen molar-refractivity contribution in [2.75, 3.05) is 26.2 Å². The first-order valence-corrected chi connectivity index (χ1v) is 7.68. The van der Waals surface area contributed by atoms with Crippen LogP contribution in [0.25, 0.3) is 0 Å². The maximum Gasteiger partial charge on any atom is 0.226 e. The Labute approximate surface area is 117 Å². The van der Waals surface area contributed by atoms with Gasteiger partial charge in [0, 0.05) is 12.0 Å². The van der Waals surface area contributed by atoms with Crippen molar-refractivity contribution in [2.45, 2.75) is 52.9 Å². The van der Waals surface area contributed by atoms with Gasteiger partial charge in [-0.05, 0) is 45.2 Å². The van der Waals surface area contributed by atoms with E-state index in [1.165, 1.54) is 0 Å². The Kier molecular flexibility index (Phi) is 6.27. The average Bonchev–Trinajstić information content (AvgIpc) is 2.49. The zero-order valence-corrected chi connectivity index (χ0v) is 12.7. The summed E-state index contributed by atoms with van der Waals surface area (Å²) in [5.41, 5.74) is -0.356. The molecule has 1 heterocycles. The second-order valence-corrected chi connectivity index (χ2v) is 5.93. The smallest absolute Gasteiger partial charge is 0.226 e. The highest BCUT2D eigenvalue weighted by atomic mass is 16.3. The van der Waals surface area contributed by atoms with Crippen molar-refractivity contribution in [3.05, 3.63) is 0 Å². The maximum absolute atomic E-state index is 12.5. The Hall–Kier alpha value is -0.610. The van der Waals surface area contributed by atoms with Crippen molar-refractivity contribution in [2.24, 2.45) is 10.8 Å². The number of aliphatic hydroxyl groups is 1. The Bertz CT molecular complexity index is 274. The molecule has 112 valence electrons. The van der Waals surface area contributed by atoms with Gasteiger partial charge in [-0.3, -0.25) is 4.79 Å². The number of hydrogen-bond acceptors (Lipinski definition) is 3. The number of aliphatic hydroxyl groups excluding tert-OH is 1. The summed E-state index contributed by atoms with van der Waals surface area (Å²) in [6.45, 7) is 8.83. The van der Waals surface area contributed by atoms with E-state index in [0.717, 1.165) is 45.2 Å². The van der Waals surface area contributed by atoms with E-state index in [-0.39, 0.29) is 23.3 Å². The standard InChI is InChI=1S/C15H30N2O2/c1-4-14(5-2,12-18)11-17-13(19)15(6-3)7-9-16-10-8-15/h16,18H,4-12H2,1-3H3,(H,17,19). The third-order valence-electron chi connectivity index (χ3n) is 5.18. The minimum atomic E-state index is -0.200. The first-order chi connectivity index (χ1) is 9.08. The highest BCUT2D eigenvalue weighted by molar-refractivity contribution is 5.82. The van der Waals surface area contributed by atoms with Crippen molar-refractivity contribution < 1.29 is 9.90 Å². The minimum Gasteiger partial charge on any atom is -0.396 e. The van der Waals surface area contributed by atoms with Crippen LogP contribution >= 0.6 is 0 Å². The van der Waals surface area contributed by atoms with Gasteiger partial charge in [-0.1, -0.05) is 20.8 Å². The van der Waals surface area contributed by atoms with E-state index in [9.17, 15) is 9.90 Å². The molecule has 0 aromatic heterocycles. The van der Waals surface area contributed by atoms with Crippen molar-refractivity contribution in [3.63, 3.8) is 0 Å². The number of rotatable bonds is 7. The lowest BCUT2D eigenvalue weighted by molar-refractivity contribution is -0.133. The summed E-state index contributed by atoms with van der Waals surface area (Å²) < 4.78 is 0. The molecule has 1 fully saturated rings. The number of carbonyl (C=O) groups is 1. The summed E-state index contributed by atoms with van der Waals surface area (Å²) in [5, 5.41) is 16.0. The van der Waals surface area contributed by atoms with Gasteiger partial charge in [-0.2, -0.15) is 0 Å². The molecular weight excluding hydrogens is 240 g/mol. The lowest BCUT2D eigenvalue weighted by Gasteiger charge is -2.37. The van der Waals surface area contributed by atoms with E-state index in [2.05, 4.69) is 31.4 Å². The fourth-order valence-corrected chi connectivity index (χ4v) is 2.88. The van der Waals surface area contributed by atoms with Gasteiger partial charge in [0.2, 0.25) is 5.91 Å². The van der Waals surface area contributed by atoms with Gasteiger partial charge in [-0.15, -0.1) is 0 Å². The molecule has 1 aliphatic heterocycles. The number of carbonyl (C=O) groups excluding carboxylic acids is 1. The molecule has 0 aromatic rings. The SMILES string of the molecule is CCC(CC)(CO)CNC(=O)C1(CC)CCNCC1. The lowest BCUT2D eigenvalue weighted by Crippen LogP contribution is -2.50. The summed E-state index contributed by atoms with van der Waals surface area (Å²) in [6.07, 6.45) is 4.51. The van der Waals surface area contributed by atoms with Crippen LogP contribution < -0.4 is 10.6 Å². The second-order valence-electron chi connectivity index (χ2n) is 5.93. The van der Waals surface area contributed by atoms with E-state index in [0.29, 0.717) is 6.54 Å². The van der Waals surface area contributed by atoms with Crippen LogP contribution in [-0.4, -0.2) is 37.3 Å². The number of piperidine rings is 1. The molecule has 0 saturated carbocycles. The molecule has 19 heavy (non-hydrogen) atoms. The largest absolute Gasteiger partial charge is 0.396 e. The van der Waals surface area contributed by atoms with Crippen LogP contribution in [0.15, 0.2) is 0 Å². The van der Waals surface area contributed by atoms with E-state index in [1.807, 2.05) is 0 Å². The molecule has 0 aliphatic carbocycles. The first kappa shape index (κ1) is 16.4. The highest BCUT2D eigenvalue weighted by Gasteiger charge is 2.38. The minimum absolute atomic E-state index is 0.140. The topological polar surface area (TPSA) is 61.4 Å². The molecule has 1 aliphatic rings. The van der Waals surface area contributed by atoms with Gasteiger partial charge in [-0.25, -0.2) is 0 Å². The van der Waals surface area contributed by atoms with Crippen LogP contribution in [0, 0.1) is 10.8 Å². The molecule has 0 unspecified atom stereocenters. The number of amides is 1. The fraction of sp³-hybridized carbons (Fsp3) is 0.933. The Morgan fingerprint density at radius 1 is 1.26 bits per heavy atom. The molecule has 4 heteroatoms. The third-order valence-corrected chi connectivity index (χ3v) is 5.18. The van der Waals surface area contributed by atoms with Crippen molar-refractivity contribution in [1.82, 2.24) is 10.6 Å². The van der Waals surface area contributed by atoms with Gasteiger partial charge in [0.05, 0.1) is 12.0 Å². The zero-order valence-electron chi connectivity index (χ0n) is 12.7. The normalized spacial score (nSPS) is 19.2. The summed E-state index contributed by atoms with van der Waals surface area (Å²) in [5.74, 6) is 0.177. The molecule has 1 saturated heterocycles. The number of hydrogen-bond donors (Lipinski definition) is 3. The molecule has 4 nitrogen and oxygen atoms in total. The van der Waals surface area contributed by atoms with Crippen LogP contribution in [0.3, 0.4) is 0 Å². The molecule has 0 aromatic carbocycles. The van der Waals surface area contributed by atoms with E-state index in [4.69, 9.17) is 0 Å². The van der Waals surface area contributed by atoms with Gasteiger partial charge in [0.25, 0.3) is 0 Å². The fourth-order valence-electron chi connectivity index (χ4n) is 2.88. The van der Waals surface area contributed by atoms with Gasteiger partial charge in [0.1, 0.15) is 0 Å². The summed E-state index contributed by atoms with van der Waals surface area (Å²) in [7, 11) is 0. The maximum atomic E-state index is 12.5. The van der Waals surface area contributed by atoms with Crippen LogP contribution in [0.2, 0.25) is 0 Å². The summed E-state index contributed by atoms with van der Waals surface area (Å²) >= 11 is 0. The van der Waals surface area contributed by atoms with Gasteiger partial charge in [0.15, 0.2) is 0 Å². The third kappa shape index (κ3) is 3.69. The average molecular weight is 270 g/mol. The van der Waals surface area contributed by atoms with Crippen molar-refractivity contribution >= 4 is 5.91 Å². The summed E-state index contributed by atoms with van der Waals surface area (Å²) in [4.78, 5) is 12.5. The lowest BCUT2D eigenvalue weighted by atomic mass is 9.75. The molecule has 1 rings (SSSR count). The molecule has 1 amide bonds.